The van der Waals surface area contributed by atoms with Crippen molar-refractivity contribution in [3.63, 3.8) is 0 Å². The minimum atomic E-state index is 0.634. The summed E-state index contributed by atoms with van der Waals surface area (Å²) in [6.07, 6.45) is 1.83. The van der Waals surface area contributed by atoms with Crippen LogP contribution in [0.1, 0.15) is 11.4 Å². The summed E-state index contributed by atoms with van der Waals surface area (Å²) in [4.78, 5) is 4.48. The lowest BCUT2D eigenvalue weighted by Crippen LogP contribution is -2.04. The summed E-state index contributed by atoms with van der Waals surface area (Å²) in [7, 11) is 0. The summed E-state index contributed by atoms with van der Waals surface area (Å²) < 4.78 is 1.89. The van der Waals surface area contributed by atoms with Gasteiger partial charge in [0, 0.05) is 11.1 Å². The van der Waals surface area contributed by atoms with Crippen LogP contribution in [0.5, 0.6) is 0 Å². The molecule has 4 heteroatoms. The molecule has 0 bridgehead atoms. The maximum absolute atomic E-state index is 6.22. The minimum absolute atomic E-state index is 0.634. The fourth-order valence-corrected chi connectivity index (χ4v) is 2.34. The van der Waals surface area contributed by atoms with Crippen LogP contribution in [0.15, 0.2) is 42.6 Å². The van der Waals surface area contributed by atoms with Gasteiger partial charge < -0.3 is 0 Å². The van der Waals surface area contributed by atoms with E-state index in [1.54, 1.807) is 0 Å². The number of aryl methyl sites for hydroxylation is 1. The first-order valence-corrected chi connectivity index (χ1v) is 6.14. The van der Waals surface area contributed by atoms with Gasteiger partial charge >= 0.3 is 0 Å². The molecular weight excluding hydrogens is 246 g/mol. The smallest absolute Gasteiger partial charge is 0.0873 e. The molecule has 0 atom stereocenters. The third-order valence-corrected chi connectivity index (χ3v) is 3.18. The predicted octanol–water partition coefficient (Wildman–Crippen LogP) is 3.44. The molecule has 0 aliphatic rings. The first-order chi connectivity index (χ1) is 8.74. The molecule has 2 aromatic heterocycles. The molecule has 1 aromatic carbocycles. The Labute approximate surface area is 110 Å². The van der Waals surface area contributed by atoms with E-state index in [1.165, 1.54) is 0 Å². The van der Waals surface area contributed by atoms with Crippen LogP contribution in [0.3, 0.4) is 0 Å². The van der Waals surface area contributed by atoms with Crippen LogP contribution in [0.4, 0.5) is 0 Å². The van der Waals surface area contributed by atoms with E-state index < -0.39 is 0 Å². The third kappa shape index (κ3) is 1.97. The SMILES string of the molecule is Cc1cccc(Cn2ncc3cccc(Cl)c32)n1. The normalized spacial score (nSPS) is 11.0. The highest BCUT2D eigenvalue weighted by atomic mass is 35.5. The lowest BCUT2D eigenvalue weighted by Gasteiger charge is -2.05. The maximum Gasteiger partial charge on any atom is 0.0873 e. The van der Waals surface area contributed by atoms with Crippen molar-refractivity contribution < 1.29 is 0 Å². The number of para-hydroxylation sites is 1. The van der Waals surface area contributed by atoms with Crippen LogP contribution < -0.4 is 0 Å². The van der Waals surface area contributed by atoms with Crippen molar-refractivity contribution in [2.24, 2.45) is 0 Å². The molecule has 2 heterocycles. The van der Waals surface area contributed by atoms with E-state index in [2.05, 4.69) is 10.1 Å². The first-order valence-electron chi connectivity index (χ1n) is 5.76. The molecule has 0 amide bonds. The molecule has 0 aliphatic carbocycles. The summed E-state index contributed by atoms with van der Waals surface area (Å²) >= 11 is 6.22. The average Bonchev–Trinajstić information content (AvgIpc) is 2.74. The van der Waals surface area contributed by atoms with E-state index >= 15 is 0 Å². The van der Waals surface area contributed by atoms with E-state index in [0.29, 0.717) is 6.54 Å². The van der Waals surface area contributed by atoms with E-state index in [1.807, 2.05) is 54.2 Å². The average molecular weight is 258 g/mol. The van der Waals surface area contributed by atoms with Gasteiger partial charge in [-0.3, -0.25) is 9.67 Å². The van der Waals surface area contributed by atoms with Gasteiger partial charge in [-0.05, 0) is 25.1 Å². The Balaban J connectivity index is 2.05. The summed E-state index contributed by atoms with van der Waals surface area (Å²) in [5.74, 6) is 0. The van der Waals surface area contributed by atoms with Gasteiger partial charge in [0.25, 0.3) is 0 Å². The Morgan fingerprint density at radius 3 is 2.83 bits per heavy atom. The summed E-state index contributed by atoms with van der Waals surface area (Å²) in [6.45, 7) is 2.62. The molecule has 3 nitrogen and oxygen atoms in total. The molecule has 0 saturated carbocycles. The van der Waals surface area contributed by atoms with E-state index in [-0.39, 0.29) is 0 Å². The molecule has 18 heavy (non-hydrogen) atoms. The van der Waals surface area contributed by atoms with Crippen molar-refractivity contribution in [1.29, 1.82) is 0 Å². The fraction of sp³-hybridized carbons (Fsp3) is 0.143. The number of halogens is 1. The number of rotatable bonds is 2. The quantitative estimate of drug-likeness (QED) is 0.704. The van der Waals surface area contributed by atoms with Crippen LogP contribution in [-0.4, -0.2) is 14.8 Å². The number of pyridine rings is 1. The van der Waals surface area contributed by atoms with Gasteiger partial charge in [0.1, 0.15) is 0 Å². The van der Waals surface area contributed by atoms with Crippen LogP contribution >= 0.6 is 11.6 Å². The number of aromatic nitrogens is 3. The lowest BCUT2D eigenvalue weighted by molar-refractivity contribution is 0.694. The van der Waals surface area contributed by atoms with Crippen LogP contribution in [-0.2, 0) is 6.54 Å². The molecule has 0 radical (unpaired) electrons. The first kappa shape index (κ1) is 11.2. The molecule has 3 aromatic rings. The summed E-state index contributed by atoms with van der Waals surface area (Å²) in [5, 5.41) is 6.14. The van der Waals surface area contributed by atoms with Gasteiger partial charge in [-0.2, -0.15) is 5.10 Å². The predicted molar refractivity (Wildman–Crippen MR) is 72.8 cm³/mol. The van der Waals surface area contributed by atoms with Gasteiger partial charge in [0.2, 0.25) is 0 Å². The Bertz CT molecular complexity index is 703. The molecule has 0 N–H and O–H groups in total. The van der Waals surface area contributed by atoms with E-state index in [0.717, 1.165) is 27.3 Å². The third-order valence-electron chi connectivity index (χ3n) is 2.87. The molecule has 3 rings (SSSR count). The Kier molecular flexibility index (Phi) is 2.76. The zero-order valence-electron chi connectivity index (χ0n) is 9.97. The highest BCUT2D eigenvalue weighted by molar-refractivity contribution is 6.35. The Morgan fingerprint density at radius 1 is 1.17 bits per heavy atom. The van der Waals surface area contributed by atoms with Crippen LogP contribution in [0.2, 0.25) is 5.02 Å². The number of hydrogen-bond donors (Lipinski definition) is 0. The standard InChI is InChI=1S/C14H12ClN3/c1-10-4-2-6-12(17-10)9-18-14-11(8-16-18)5-3-7-13(14)15/h2-8H,9H2,1H3. The van der Waals surface area contributed by atoms with Gasteiger partial charge in [-0.15, -0.1) is 0 Å². The monoisotopic (exact) mass is 257 g/mol. The minimum Gasteiger partial charge on any atom is -0.257 e. The number of benzene rings is 1. The maximum atomic E-state index is 6.22. The zero-order chi connectivity index (χ0) is 12.5. The molecule has 90 valence electrons. The van der Waals surface area contributed by atoms with Gasteiger partial charge in [-0.1, -0.05) is 29.8 Å². The van der Waals surface area contributed by atoms with Crippen molar-refractivity contribution in [2.75, 3.05) is 0 Å². The number of fused-ring (bicyclic) bond motifs is 1. The van der Waals surface area contributed by atoms with Crippen molar-refractivity contribution >= 4 is 22.5 Å². The van der Waals surface area contributed by atoms with Crippen molar-refractivity contribution in [2.45, 2.75) is 13.5 Å². The van der Waals surface area contributed by atoms with Gasteiger partial charge in [-0.25, -0.2) is 0 Å². The van der Waals surface area contributed by atoms with Gasteiger partial charge in [0.05, 0.1) is 29.0 Å². The topological polar surface area (TPSA) is 30.7 Å². The Morgan fingerprint density at radius 2 is 2.00 bits per heavy atom. The zero-order valence-corrected chi connectivity index (χ0v) is 10.7. The molecule has 0 saturated heterocycles. The second kappa shape index (κ2) is 4.42. The van der Waals surface area contributed by atoms with Crippen LogP contribution in [0, 0.1) is 6.92 Å². The second-order valence-corrected chi connectivity index (χ2v) is 4.66. The number of nitrogens with zero attached hydrogens (tertiary/aromatic N) is 3. The largest absolute Gasteiger partial charge is 0.257 e. The highest BCUT2D eigenvalue weighted by Gasteiger charge is 2.07. The lowest BCUT2D eigenvalue weighted by atomic mass is 10.2. The highest BCUT2D eigenvalue weighted by Crippen LogP contribution is 2.23. The second-order valence-electron chi connectivity index (χ2n) is 4.25. The van der Waals surface area contributed by atoms with Crippen LogP contribution in [0.25, 0.3) is 10.9 Å². The molecular formula is C14H12ClN3. The van der Waals surface area contributed by atoms with E-state index in [9.17, 15) is 0 Å². The summed E-state index contributed by atoms with van der Waals surface area (Å²) in [5.41, 5.74) is 2.96. The fourth-order valence-electron chi connectivity index (χ4n) is 2.06. The van der Waals surface area contributed by atoms with Crippen molar-refractivity contribution in [3.8, 4) is 0 Å². The van der Waals surface area contributed by atoms with E-state index in [4.69, 9.17) is 11.6 Å². The molecule has 0 fully saturated rings. The number of hydrogen-bond acceptors (Lipinski definition) is 2. The molecule has 0 unspecified atom stereocenters. The van der Waals surface area contributed by atoms with Crippen molar-refractivity contribution in [3.05, 3.63) is 59.0 Å². The molecule has 0 spiro atoms. The van der Waals surface area contributed by atoms with Crippen molar-refractivity contribution in [1.82, 2.24) is 14.8 Å². The van der Waals surface area contributed by atoms with Gasteiger partial charge in [0.15, 0.2) is 0 Å². The Hall–Kier alpha value is -1.87. The summed E-state index contributed by atoms with van der Waals surface area (Å²) in [6, 6.07) is 11.8. The molecule has 0 aliphatic heterocycles.